The zero-order chi connectivity index (χ0) is 28.0. The molecule has 6 nitrogen and oxygen atoms in total. The molecule has 0 spiro atoms. The molecule has 2 N–H and O–H groups in total. The highest BCUT2D eigenvalue weighted by Gasteiger charge is 2.67. The highest BCUT2D eigenvalue weighted by atomic mass is 35.5. The molecule has 37 heavy (non-hydrogen) atoms. The summed E-state index contributed by atoms with van der Waals surface area (Å²) < 4.78 is 41.8. The quantitative estimate of drug-likeness (QED) is 0.278. The fourth-order valence-corrected chi connectivity index (χ4v) is 4.76. The minimum atomic E-state index is -4.47. The Balaban J connectivity index is 2.14. The predicted molar refractivity (Wildman–Crippen MR) is 142 cm³/mol. The highest BCUT2D eigenvalue weighted by molar-refractivity contribution is 6.39. The van der Waals surface area contributed by atoms with E-state index in [0.29, 0.717) is 17.0 Å². The van der Waals surface area contributed by atoms with E-state index in [1.165, 1.54) is 26.4 Å². The zero-order valence-corrected chi connectivity index (χ0v) is 22.9. The minimum Gasteiger partial charge on any atom is -0.355 e. The van der Waals surface area contributed by atoms with Crippen molar-refractivity contribution < 1.29 is 22.8 Å². The maximum atomic E-state index is 13.9. The van der Waals surface area contributed by atoms with Crippen molar-refractivity contribution in [2.45, 2.75) is 37.9 Å². The van der Waals surface area contributed by atoms with Crippen molar-refractivity contribution in [1.82, 2.24) is 15.5 Å². The largest absolute Gasteiger partial charge is 0.395 e. The number of carbonyl (C=O) groups excluding carboxylic acids is 2. The molecule has 0 aromatic heterocycles. The van der Waals surface area contributed by atoms with Crippen LogP contribution in [0, 0.1) is 11.3 Å². The number of rotatable bonds is 12. The average molecular weight is 561 g/mol. The van der Waals surface area contributed by atoms with E-state index >= 15 is 0 Å². The Kier molecular flexibility index (Phi) is 10.8. The molecule has 2 amide bonds. The fourth-order valence-electron chi connectivity index (χ4n) is 4.26. The Morgan fingerprint density at radius 2 is 1.95 bits per heavy atom. The summed E-state index contributed by atoms with van der Waals surface area (Å²) in [7, 11) is 6.68. The van der Waals surface area contributed by atoms with Crippen LogP contribution >= 0.6 is 23.2 Å². The van der Waals surface area contributed by atoms with Gasteiger partial charge < -0.3 is 15.5 Å². The lowest BCUT2D eigenvalue weighted by molar-refractivity contribution is -0.199. The third kappa shape index (κ3) is 8.06. The van der Waals surface area contributed by atoms with E-state index in [1.807, 2.05) is 19.0 Å². The number of benzene rings is 1. The summed E-state index contributed by atoms with van der Waals surface area (Å²) in [5, 5.41) is 5.87. The molecule has 204 valence electrons. The van der Waals surface area contributed by atoms with Gasteiger partial charge in [0.1, 0.15) is 0 Å². The molecule has 0 radical (unpaired) electrons. The molecule has 0 saturated heterocycles. The summed E-state index contributed by atoms with van der Waals surface area (Å²) in [6.45, 7) is 4.00. The number of carbonyl (C=O) groups is 2. The third-order valence-corrected chi connectivity index (χ3v) is 7.25. The predicted octanol–water partition coefficient (Wildman–Crippen LogP) is 5.02. The first-order valence-electron chi connectivity index (χ1n) is 11.7. The first-order chi connectivity index (χ1) is 17.3. The number of hydrogen-bond donors (Lipinski definition) is 2. The van der Waals surface area contributed by atoms with Crippen LogP contribution in [0.3, 0.4) is 0 Å². The summed E-state index contributed by atoms with van der Waals surface area (Å²) in [6, 6.07) is 4.80. The molecule has 0 heterocycles. The Morgan fingerprint density at radius 1 is 1.30 bits per heavy atom. The molecule has 2 rings (SSSR count). The number of halogens is 5. The van der Waals surface area contributed by atoms with E-state index in [4.69, 9.17) is 23.2 Å². The highest BCUT2D eigenvalue weighted by Crippen LogP contribution is 2.64. The Labute approximate surface area is 226 Å². The molecular weight excluding hydrogens is 528 g/mol. The second-order valence-electron chi connectivity index (χ2n) is 9.41. The van der Waals surface area contributed by atoms with Crippen molar-refractivity contribution in [2.24, 2.45) is 16.3 Å². The van der Waals surface area contributed by atoms with Crippen molar-refractivity contribution >= 4 is 41.2 Å². The lowest BCUT2D eigenvalue weighted by Crippen LogP contribution is -2.43. The first-order valence-corrected chi connectivity index (χ1v) is 12.5. The van der Waals surface area contributed by atoms with E-state index in [2.05, 4.69) is 22.2 Å². The summed E-state index contributed by atoms with van der Waals surface area (Å²) in [5.74, 6) is -1.91. The molecule has 0 bridgehead atoms. The molecule has 11 heteroatoms. The lowest BCUT2D eigenvalue weighted by atomic mass is 9.80. The number of likely N-dealkylation sites (N-methyl/N-ethyl adjacent to an activating group) is 1. The van der Waals surface area contributed by atoms with Crippen LogP contribution in [0.4, 0.5) is 13.2 Å². The number of amides is 2. The lowest BCUT2D eigenvalue weighted by Gasteiger charge is -2.30. The number of nitrogens with zero attached hydrogens (tertiary/aromatic N) is 2. The second kappa shape index (κ2) is 12.9. The van der Waals surface area contributed by atoms with Gasteiger partial charge in [0, 0.05) is 55.8 Å². The van der Waals surface area contributed by atoms with E-state index < -0.39 is 23.4 Å². The van der Waals surface area contributed by atoms with Gasteiger partial charge in [0.25, 0.3) is 5.91 Å². The summed E-state index contributed by atoms with van der Waals surface area (Å²) in [4.78, 5) is 30.4. The molecular formula is C26H33Cl2F3N4O2. The van der Waals surface area contributed by atoms with Crippen molar-refractivity contribution in [3.63, 3.8) is 0 Å². The standard InChI is InChI=1S/C26H33Cl2F3N4O2/c1-16(10-19(27)14-32-2)21(25(8-9-25)26(29,30)31)13-23(36)34-15-20(35(4)5)11-17-6-7-18(12-22(17)28)24(37)33-3/h6-7,10,12,14,20-21H,1,8-9,11,13,15H2,2-5H3,(H,33,37)(H,34,36)/b19-10+,32-14?/t20-,21-/m0/s1. The molecule has 0 unspecified atom stereocenters. The number of allylic oxidation sites excluding steroid dienone is 3. The van der Waals surface area contributed by atoms with Gasteiger partial charge in [-0.15, -0.1) is 0 Å². The number of alkyl halides is 3. The molecule has 1 aromatic rings. The molecule has 1 aliphatic carbocycles. The average Bonchev–Trinajstić information content (AvgIpc) is 3.62. The van der Waals surface area contributed by atoms with Crippen molar-refractivity contribution in [3.05, 3.63) is 57.6 Å². The van der Waals surface area contributed by atoms with Gasteiger partial charge in [0.2, 0.25) is 5.91 Å². The maximum Gasteiger partial charge on any atom is 0.395 e. The van der Waals surface area contributed by atoms with Gasteiger partial charge >= 0.3 is 6.18 Å². The van der Waals surface area contributed by atoms with Crippen LogP contribution < -0.4 is 10.6 Å². The monoisotopic (exact) mass is 560 g/mol. The van der Waals surface area contributed by atoms with Crippen molar-refractivity contribution in [3.8, 4) is 0 Å². The Hall–Kier alpha value is -2.36. The van der Waals surface area contributed by atoms with Gasteiger partial charge in [-0.1, -0.05) is 35.8 Å². The first kappa shape index (κ1) is 30.9. The van der Waals surface area contributed by atoms with Crippen LogP contribution in [0.5, 0.6) is 0 Å². The van der Waals surface area contributed by atoms with Crippen LogP contribution in [0.15, 0.2) is 46.5 Å². The molecule has 1 saturated carbocycles. The summed E-state index contributed by atoms with van der Waals surface area (Å²) in [5.41, 5.74) is -0.642. The normalized spacial score (nSPS) is 17.0. The van der Waals surface area contributed by atoms with Crippen molar-refractivity contribution in [1.29, 1.82) is 0 Å². The van der Waals surface area contributed by atoms with E-state index in [0.717, 1.165) is 5.56 Å². The second-order valence-corrected chi connectivity index (χ2v) is 10.3. The molecule has 1 aromatic carbocycles. The van der Waals surface area contributed by atoms with Crippen LogP contribution in [0.2, 0.25) is 5.02 Å². The summed E-state index contributed by atoms with van der Waals surface area (Å²) >= 11 is 12.4. The van der Waals surface area contributed by atoms with Crippen LogP contribution in [-0.2, 0) is 11.2 Å². The minimum absolute atomic E-state index is 0.0638. The SMILES string of the molecule is C=C(/C=C(/Cl)C=NC)[C@H](CC(=O)NC[C@H](Cc1ccc(C(=O)NC)cc1Cl)N(C)C)C1(C(F)(F)F)CC1. The van der Waals surface area contributed by atoms with E-state index in [9.17, 15) is 22.8 Å². The Morgan fingerprint density at radius 3 is 2.43 bits per heavy atom. The molecule has 0 aliphatic heterocycles. The van der Waals surface area contributed by atoms with Gasteiger partial charge in [-0.25, -0.2) is 0 Å². The fraction of sp³-hybridized carbons (Fsp3) is 0.500. The van der Waals surface area contributed by atoms with Crippen molar-refractivity contribution in [2.75, 3.05) is 34.7 Å². The Bertz CT molecular complexity index is 1070. The van der Waals surface area contributed by atoms with Crippen LogP contribution in [-0.4, -0.2) is 69.9 Å². The number of hydrogen-bond acceptors (Lipinski definition) is 4. The van der Waals surface area contributed by atoms with E-state index in [1.54, 1.807) is 18.2 Å². The van der Waals surface area contributed by atoms with Crippen LogP contribution in [0.25, 0.3) is 0 Å². The number of nitrogens with one attached hydrogen (secondary N) is 2. The molecule has 1 aliphatic rings. The zero-order valence-electron chi connectivity index (χ0n) is 21.4. The smallest absolute Gasteiger partial charge is 0.355 e. The molecule has 2 atom stereocenters. The molecule has 1 fully saturated rings. The third-order valence-electron chi connectivity index (χ3n) is 6.70. The number of aliphatic imine (C=N–C) groups is 1. The van der Waals surface area contributed by atoms with Gasteiger partial charge in [0.05, 0.1) is 10.4 Å². The van der Waals surface area contributed by atoms with E-state index in [-0.39, 0.29) is 48.4 Å². The summed E-state index contributed by atoms with van der Waals surface area (Å²) in [6.07, 6.45) is -1.86. The van der Waals surface area contributed by atoms with Crippen LogP contribution in [0.1, 0.15) is 35.2 Å². The van der Waals surface area contributed by atoms with Gasteiger partial charge in [0.15, 0.2) is 0 Å². The maximum absolute atomic E-state index is 13.9. The topological polar surface area (TPSA) is 73.8 Å². The van der Waals surface area contributed by atoms with Gasteiger partial charge in [-0.2, -0.15) is 13.2 Å². The van der Waals surface area contributed by atoms with Gasteiger partial charge in [-0.3, -0.25) is 14.6 Å². The van der Waals surface area contributed by atoms with Gasteiger partial charge in [-0.05, 0) is 62.7 Å².